The second-order valence-electron chi connectivity index (χ2n) is 4.62. The summed E-state index contributed by atoms with van der Waals surface area (Å²) in [7, 11) is 1.64. The van der Waals surface area contributed by atoms with Crippen molar-refractivity contribution in [2.24, 2.45) is 0 Å². The maximum absolute atomic E-state index is 11.9. The number of hydrogen-bond acceptors (Lipinski definition) is 3. The number of nitrogens with one attached hydrogen (secondary N) is 1. The van der Waals surface area contributed by atoms with E-state index in [0.717, 1.165) is 5.69 Å². The van der Waals surface area contributed by atoms with Gasteiger partial charge in [0.25, 0.3) is 0 Å². The van der Waals surface area contributed by atoms with Gasteiger partial charge in [-0.3, -0.25) is 4.98 Å². The number of aromatic nitrogens is 1. The predicted octanol–water partition coefficient (Wildman–Crippen LogP) is 1.52. The fraction of sp³-hybridized carbons (Fsp3) is 0.500. The van der Waals surface area contributed by atoms with E-state index in [-0.39, 0.29) is 6.03 Å². The number of rotatable bonds is 7. The Morgan fingerprint density at radius 3 is 2.75 bits per heavy atom. The fourth-order valence-electron chi connectivity index (χ4n) is 1.74. The summed E-state index contributed by atoms with van der Waals surface area (Å²) in [5.41, 5.74) is 0.899. The summed E-state index contributed by atoms with van der Waals surface area (Å²) in [6.07, 6.45) is 3.47. The third-order valence-electron chi connectivity index (χ3n) is 2.95. The number of nitrogens with zero attached hydrogens (tertiary/aromatic N) is 2. The van der Waals surface area contributed by atoms with Gasteiger partial charge in [-0.15, -0.1) is 0 Å². The molecule has 1 heterocycles. The Bertz CT molecular complexity index is 437. The SMILES string of the molecule is CCCC(NC(=O)N(C)CCc1ccccn1)C(=O)O. The van der Waals surface area contributed by atoms with Gasteiger partial charge in [0, 0.05) is 31.9 Å². The van der Waals surface area contributed by atoms with Gasteiger partial charge < -0.3 is 15.3 Å². The molecule has 6 heteroatoms. The molecule has 1 aromatic heterocycles. The molecule has 20 heavy (non-hydrogen) atoms. The first-order chi connectivity index (χ1) is 9.54. The summed E-state index contributed by atoms with van der Waals surface area (Å²) in [6.45, 7) is 2.37. The number of carbonyl (C=O) groups excluding carboxylic acids is 1. The Balaban J connectivity index is 2.44. The highest BCUT2D eigenvalue weighted by Gasteiger charge is 2.20. The van der Waals surface area contributed by atoms with Crippen LogP contribution in [0.4, 0.5) is 4.79 Å². The van der Waals surface area contributed by atoms with Crippen LogP contribution < -0.4 is 5.32 Å². The average Bonchev–Trinajstić information content (AvgIpc) is 2.45. The molecule has 0 radical (unpaired) electrons. The van der Waals surface area contributed by atoms with E-state index in [2.05, 4.69) is 10.3 Å². The lowest BCUT2D eigenvalue weighted by atomic mass is 10.2. The highest BCUT2D eigenvalue weighted by atomic mass is 16.4. The zero-order valence-corrected chi connectivity index (χ0v) is 11.9. The third kappa shape index (κ3) is 5.26. The van der Waals surface area contributed by atoms with Crippen molar-refractivity contribution in [2.45, 2.75) is 32.2 Å². The van der Waals surface area contributed by atoms with E-state index < -0.39 is 12.0 Å². The van der Waals surface area contributed by atoms with Crippen LogP contribution in [0.15, 0.2) is 24.4 Å². The lowest BCUT2D eigenvalue weighted by Crippen LogP contribution is -2.47. The van der Waals surface area contributed by atoms with E-state index in [4.69, 9.17) is 5.11 Å². The minimum absolute atomic E-state index is 0.373. The summed E-state index contributed by atoms with van der Waals surface area (Å²) in [6, 6.07) is 4.42. The van der Waals surface area contributed by atoms with Crippen molar-refractivity contribution in [1.29, 1.82) is 0 Å². The number of carboxylic acids is 1. The maximum Gasteiger partial charge on any atom is 0.326 e. The predicted molar refractivity (Wildman–Crippen MR) is 75.4 cm³/mol. The average molecular weight is 279 g/mol. The van der Waals surface area contributed by atoms with Crippen LogP contribution in [0.1, 0.15) is 25.5 Å². The van der Waals surface area contributed by atoms with E-state index in [0.29, 0.717) is 25.8 Å². The molecule has 0 aliphatic rings. The molecule has 0 aliphatic heterocycles. The van der Waals surface area contributed by atoms with Crippen LogP contribution in [-0.2, 0) is 11.2 Å². The number of amides is 2. The summed E-state index contributed by atoms with van der Waals surface area (Å²) in [5.74, 6) is -1.00. The number of hydrogen-bond donors (Lipinski definition) is 2. The smallest absolute Gasteiger partial charge is 0.326 e. The molecule has 6 nitrogen and oxygen atoms in total. The first kappa shape index (κ1) is 15.9. The molecule has 2 amide bonds. The first-order valence-electron chi connectivity index (χ1n) is 6.69. The van der Waals surface area contributed by atoms with E-state index in [9.17, 15) is 9.59 Å². The van der Waals surface area contributed by atoms with Crippen molar-refractivity contribution in [3.8, 4) is 0 Å². The molecule has 0 saturated heterocycles. The molecule has 0 spiro atoms. The number of pyridine rings is 1. The van der Waals surface area contributed by atoms with E-state index in [1.807, 2.05) is 25.1 Å². The summed E-state index contributed by atoms with van der Waals surface area (Å²) in [4.78, 5) is 28.5. The zero-order chi connectivity index (χ0) is 15.0. The second kappa shape index (κ2) is 8.14. The Morgan fingerprint density at radius 1 is 1.45 bits per heavy atom. The van der Waals surface area contributed by atoms with Crippen LogP contribution in [0.5, 0.6) is 0 Å². The van der Waals surface area contributed by atoms with Gasteiger partial charge in [-0.2, -0.15) is 0 Å². The van der Waals surface area contributed by atoms with Gasteiger partial charge in [0.15, 0.2) is 0 Å². The molecule has 0 fully saturated rings. The largest absolute Gasteiger partial charge is 0.480 e. The van der Waals surface area contributed by atoms with Crippen LogP contribution in [0.2, 0.25) is 0 Å². The molecular weight excluding hydrogens is 258 g/mol. The fourth-order valence-corrected chi connectivity index (χ4v) is 1.74. The normalized spacial score (nSPS) is 11.7. The van der Waals surface area contributed by atoms with E-state index in [1.165, 1.54) is 4.90 Å². The minimum atomic E-state index is -1.00. The van der Waals surface area contributed by atoms with Crippen LogP contribution in [-0.4, -0.2) is 46.6 Å². The molecular formula is C14H21N3O3. The van der Waals surface area contributed by atoms with Gasteiger partial charge in [-0.1, -0.05) is 19.4 Å². The lowest BCUT2D eigenvalue weighted by molar-refractivity contribution is -0.139. The quantitative estimate of drug-likeness (QED) is 0.792. The number of carboxylic acid groups (broad SMARTS) is 1. The summed E-state index contributed by atoms with van der Waals surface area (Å²) in [5, 5.41) is 11.5. The van der Waals surface area contributed by atoms with Gasteiger partial charge in [0.2, 0.25) is 0 Å². The second-order valence-corrected chi connectivity index (χ2v) is 4.62. The Hall–Kier alpha value is -2.11. The molecule has 1 unspecified atom stereocenters. The molecule has 1 aromatic rings. The van der Waals surface area contributed by atoms with Crippen molar-refractivity contribution < 1.29 is 14.7 Å². The Morgan fingerprint density at radius 2 is 2.20 bits per heavy atom. The van der Waals surface area contributed by atoms with E-state index >= 15 is 0 Å². The van der Waals surface area contributed by atoms with Gasteiger partial charge >= 0.3 is 12.0 Å². The molecule has 110 valence electrons. The number of carbonyl (C=O) groups is 2. The van der Waals surface area contributed by atoms with Crippen molar-refractivity contribution in [2.75, 3.05) is 13.6 Å². The Labute approximate surface area is 118 Å². The number of likely N-dealkylation sites (N-methyl/N-ethyl adjacent to an activating group) is 1. The van der Waals surface area contributed by atoms with Crippen molar-refractivity contribution >= 4 is 12.0 Å². The number of urea groups is 1. The van der Waals surface area contributed by atoms with E-state index in [1.54, 1.807) is 13.2 Å². The molecule has 2 N–H and O–H groups in total. The van der Waals surface area contributed by atoms with Crippen LogP contribution >= 0.6 is 0 Å². The van der Waals surface area contributed by atoms with Gasteiger partial charge in [0.1, 0.15) is 6.04 Å². The minimum Gasteiger partial charge on any atom is -0.480 e. The molecule has 0 aliphatic carbocycles. The Kier molecular flexibility index (Phi) is 6.49. The lowest BCUT2D eigenvalue weighted by Gasteiger charge is -2.21. The molecule has 1 atom stereocenters. The monoisotopic (exact) mass is 279 g/mol. The molecule has 0 saturated carbocycles. The highest BCUT2D eigenvalue weighted by molar-refractivity contribution is 5.82. The highest BCUT2D eigenvalue weighted by Crippen LogP contribution is 2.00. The third-order valence-corrected chi connectivity index (χ3v) is 2.95. The summed E-state index contributed by atoms with van der Waals surface area (Å²) >= 11 is 0. The maximum atomic E-state index is 11.9. The van der Waals surface area contributed by atoms with Crippen LogP contribution in [0.25, 0.3) is 0 Å². The van der Waals surface area contributed by atoms with Crippen LogP contribution in [0.3, 0.4) is 0 Å². The molecule has 0 aromatic carbocycles. The first-order valence-corrected chi connectivity index (χ1v) is 6.69. The van der Waals surface area contributed by atoms with Crippen molar-refractivity contribution in [1.82, 2.24) is 15.2 Å². The summed E-state index contributed by atoms with van der Waals surface area (Å²) < 4.78 is 0. The standard InChI is InChI=1S/C14H21N3O3/c1-3-6-12(13(18)19)16-14(20)17(2)10-8-11-7-4-5-9-15-11/h4-5,7,9,12H,3,6,8,10H2,1-2H3,(H,16,20)(H,18,19). The van der Waals surface area contributed by atoms with Crippen molar-refractivity contribution in [3.63, 3.8) is 0 Å². The van der Waals surface area contributed by atoms with Crippen LogP contribution in [0, 0.1) is 0 Å². The topological polar surface area (TPSA) is 82.5 Å². The zero-order valence-electron chi connectivity index (χ0n) is 11.9. The van der Waals surface area contributed by atoms with Crippen molar-refractivity contribution in [3.05, 3.63) is 30.1 Å². The van der Waals surface area contributed by atoms with Gasteiger partial charge in [-0.05, 0) is 18.6 Å². The molecule has 0 bridgehead atoms. The number of aliphatic carboxylic acids is 1. The van der Waals surface area contributed by atoms with Gasteiger partial charge in [0.05, 0.1) is 0 Å². The molecule has 1 rings (SSSR count). The van der Waals surface area contributed by atoms with Gasteiger partial charge in [-0.25, -0.2) is 9.59 Å².